The maximum atomic E-state index is 11.4. The lowest BCUT2D eigenvalue weighted by Gasteiger charge is -2.19. The monoisotopic (exact) mass is 310 g/mol. The molecule has 0 aliphatic rings. The maximum Gasteiger partial charge on any atom is 0.308 e. The highest BCUT2D eigenvalue weighted by molar-refractivity contribution is 5.69. The van der Waals surface area contributed by atoms with Crippen LogP contribution in [-0.2, 0) is 19.0 Å². The summed E-state index contributed by atoms with van der Waals surface area (Å²) in [5, 5.41) is 0. The fraction of sp³-hybridized carbons (Fsp3) is 0.588. The largest absolute Gasteiger partial charge is 0.491 e. The van der Waals surface area contributed by atoms with Crippen molar-refractivity contribution >= 4 is 5.97 Å². The van der Waals surface area contributed by atoms with Gasteiger partial charge in [-0.15, -0.1) is 0 Å². The first-order valence-corrected chi connectivity index (χ1v) is 7.52. The molecular formula is C17H26O5. The van der Waals surface area contributed by atoms with E-state index >= 15 is 0 Å². The molecule has 1 rings (SSSR count). The van der Waals surface area contributed by atoms with Crippen LogP contribution in [0.15, 0.2) is 30.3 Å². The number of carbonyl (C=O) groups is 1. The van der Waals surface area contributed by atoms with E-state index in [0.717, 1.165) is 5.75 Å². The van der Waals surface area contributed by atoms with Crippen molar-refractivity contribution < 1.29 is 23.7 Å². The summed E-state index contributed by atoms with van der Waals surface area (Å²) in [6.45, 7) is 7.82. The average Bonchev–Trinajstić information content (AvgIpc) is 2.44. The lowest BCUT2D eigenvalue weighted by molar-refractivity contribution is -0.156. The van der Waals surface area contributed by atoms with Gasteiger partial charge in [0, 0.05) is 0 Å². The van der Waals surface area contributed by atoms with Crippen LogP contribution in [0.2, 0.25) is 0 Å². The number of ether oxygens (including phenoxy) is 4. The van der Waals surface area contributed by atoms with Gasteiger partial charge in [0.15, 0.2) is 0 Å². The summed E-state index contributed by atoms with van der Waals surface area (Å²) < 4.78 is 21.4. The van der Waals surface area contributed by atoms with Crippen molar-refractivity contribution in [2.45, 2.75) is 32.8 Å². The second-order valence-electron chi connectivity index (χ2n) is 5.72. The van der Waals surface area contributed by atoms with Crippen LogP contribution < -0.4 is 4.74 Å². The van der Waals surface area contributed by atoms with Crippen molar-refractivity contribution in [3.8, 4) is 5.75 Å². The van der Waals surface area contributed by atoms with Crippen LogP contribution in [0.1, 0.15) is 27.2 Å². The minimum Gasteiger partial charge on any atom is -0.491 e. The quantitative estimate of drug-likeness (QED) is 0.491. The minimum atomic E-state index is -0.445. The van der Waals surface area contributed by atoms with Gasteiger partial charge >= 0.3 is 5.97 Å². The molecule has 1 aromatic carbocycles. The standard InChI is InChI=1S/C17H26O5/c1-17(2,3)22-16(18)9-10-19-11-12-20-13-14-21-15-7-5-4-6-8-15/h4-8H,9-14H2,1-3H3. The van der Waals surface area contributed by atoms with E-state index in [2.05, 4.69) is 0 Å². The topological polar surface area (TPSA) is 54.0 Å². The molecule has 0 N–H and O–H groups in total. The number of para-hydroxylation sites is 1. The molecule has 5 nitrogen and oxygen atoms in total. The summed E-state index contributed by atoms with van der Waals surface area (Å²) in [5.74, 6) is 0.587. The van der Waals surface area contributed by atoms with E-state index < -0.39 is 5.60 Å². The Morgan fingerprint density at radius 2 is 1.50 bits per heavy atom. The van der Waals surface area contributed by atoms with Gasteiger partial charge in [0.25, 0.3) is 0 Å². The molecule has 0 saturated heterocycles. The fourth-order valence-electron chi connectivity index (χ4n) is 1.61. The third kappa shape index (κ3) is 10.2. The van der Waals surface area contributed by atoms with Crippen LogP contribution >= 0.6 is 0 Å². The first-order valence-electron chi connectivity index (χ1n) is 7.52. The van der Waals surface area contributed by atoms with E-state index in [-0.39, 0.29) is 12.4 Å². The van der Waals surface area contributed by atoms with Crippen molar-refractivity contribution in [3.63, 3.8) is 0 Å². The van der Waals surface area contributed by atoms with E-state index in [1.54, 1.807) is 0 Å². The second kappa shape index (κ2) is 10.2. The molecule has 0 radical (unpaired) electrons. The molecule has 0 heterocycles. The van der Waals surface area contributed by atoms with Crippen molar-refractivity contribution in [3.05, 3.63) is 30.3 Å². The molecule has 0 unspecified atom stereocenters. The Morgan fingerprint density at radius 1 is 0.909 bits per heavy atom. The predicted molar refractivity (Wildman–Crippen MR) is 84.0 cm³/mol. The van der Waals surface area contributed by atoms with Gasteiger partial charge in [-0.05, 0) is 32.9 Å². The van der Waals surface area contributed by atoms with E-state index in [9.17, 15) is 4.79 Å². The first-order chi connectivity index (χ1) is 10.5. The molecule has 0 spiro atoms. The number of hydrogen-bond acceptors (Lipinski definition) is 5. The molecule has 0 atom stereocenters. The summed E-state index contributed by atoms with van der Waals surface area (Å²) in [4.78, 5) is 11.4. The Labute approximate surface area is 132 Å². The SMILES string of the molecule is CC(C)(C)OC(=O)CCOCCOCCOc1ccccc1. The number of benzene rings is 1. The zero-order valence-corrected chi connectivity index (χ0v) is 13.7. The molecule has 124 valence electrons. The average molecular weight is 310 g/mol. The summed E-state index contributed by atoms with van der Waals surface area (Å²) in [6, 6.07) is 9.60. The lowest BCUT2D eigenvalue weighted by Crippen LogP contribution is -2.24. The molecule has 0 amide bonds. The summed E-state index contributed by atoms with van der Waals surface area (Å²) in [6.07, 6.45) is 0.258. The van der Waals surface area contributed by atoms with Crippen molar-refractivity contribution in [2.24, 2.45) is 0 Å². The Kier molecular flexibility index (Phi) is 8.55. The smallest absolute Gasteiger partial charge is 0.308 e. The molecule has 0 saturated carbocycles. The zero-order valence-electron chi connectivity index (χ0n) is 13.7. The minimum absolute atomic E-state index is 0.246. The third-order valence-corrected chi connectivity index (χ3v) is 2.48. The van der Waals surface area contributed by atoms with Gasteiger partial charge < -0.3 is 18.9 Å². The number of rotatable bonds is 10. The van der Waals surface area contributed by atoms with Gasteiger partial charge in [-0.3, -0.25) is 4.79 Å². The van der Waals surface area contributed by atoms with E-state index in [0.29, 0.717) is 33.0 Å². The third-order valence-electron chi connectivity index (χ3n) is 2.48. The van der Waals surface area contributed by atoms with Crippen molar-refractivity contribution in [2.75, 3.05) is 33.0 Å². The highest BCUT2D eigenvalue weighted by Crippen LogP contribution is 2.08. The molecule has 0 aliphatic carbocycles. The fourth-order valence-corrected chi connectivity index (χ4v) is 1.61. The van der Waals surface area contributed by atoms with E-state index in [1.807, 2.05) is 51.1 Å². The predicted octanol–water partition coefficient (Wildman–Crippen LogP) is 2.83. The Morgan fingerprint density at radius 3 is 2.14 bits per heavy atom. The zero-order chi connectivity index (χ0) is 16.3. The van der Waals surface area contributed by atoms with Gasteiger partial charge in [0.2, 0.25) is 0 Å². The van der Waals surface area contributed by atoms with Crippen LogP contribution in [0.4, 0.5) is 0 Å². The van der Waals surface area contributed by atoms with Crippen LogP contribution in [0.25, 0.3) is 0 Å². The second-order valence-corrected chi connectivity index (χ2v) is 5.72. The summed E-state index contributed by atoms with van der Waals surface area (Å²) in [7, 11) is 0. The van der Waals surface area contributed by atoms with Crippen molar-refractivity contribution in [1.82, 2.24) is 0 Å². The molecule has 1 aromatic rings. The highest BCUT2D eigenvalue weighted by atomic mass is 16.6. The first kappa shape index (κ1) is 18.5. The molecule has 0 fully saturated rings. The van der Waals surface area contributed by atoms with Crippen LogP contribution in [0, 0.1) is 0 Å². The summed E-state index contributed by atoms with van der Waals surface area (Å²) >= 11 is 0. The van der Waals surface area contributed by atoms with E-state index in [1.165, 1.54) is 0 Å². The normalized spacial score (nSPS) is 11.2. The van der Waals surface area contributed by atoms with Crippen LogP contribution in [-0.4, -0.2) is 44.6 Å². The van der Waals surface area contributed by atoms with Gasteiger partial charge in [-0.25, -0.2) is 0 Å². The van der Waals surface area contributed by atoms with Gasteiger partial charge in [0.05, 0.1) is 32.8 Å². The molecule has 22 heavy (non-hydrogen) atoms. The van der Waals surface area contributed by atoms with Crippen molar-refractivity contribution in [1.29, 1.82) is 0 Å². The Hall–Kier alpha value is -1.59. The Bertz CT molecular complexity index is 411. The molecule has 0 aromatic heterocycles. The summed E-state index contributed by atoms with van der Waals surface area (Å²) in [5.41, 5.74) is -0.445. The molecule has 0 bridgehead atoms. The Balaban J connectivity index is 1.89. The lowest BCUT2D eigenvalue weighted by atomic mass is 10.2. The molecule has 5 heteroatoms. The van der Waals surface area contributed by atoms with Crippen LogP contribution in [0.5, 0.6) is 5.75 Å². The number of carbonyl (C=O) groups excluding carboxylic acids is 1. The molecule has 0 aliphatic heterocycles. The highest BCUT2D eigenvalue weighted by Gasteiger charge is 2.15. The number of hydrogen-bond donors (Lipinski definition) is 0. The van der Waals surface area contributed by atoms with Gasteiger partial charge in [-0.2, -0.15) is 0 Å². The molecular weight excluding hydrogens is 284 g/mol. The van der Waals surface area contributed by atoms with E-state index in [4.69, 9.17) is 18.9 Å². The van der Waals surface area contributed by atoms with Gasteiger partial charge in [-0.1, -0.05) is 18.2 Å². The maximum absolute atomic E-state index is 11.4. The van der Waals surface area contributed by atoms with Gasteiger partial charge in [0.1, 0.15) is 18.0 Å². The number of esters is 1. The van der Waals surface area contributed by atoms with Crippen LogP contribution in [0.3, 0.4) is 0 Å².